The molecule has 1 aromatic heterocycles. The molecule has 0 atom stereocenters. The summed E-state index contributed by atoms with van der Waals surface area (Å²) in [5.74, 6) is -0.678. The van der Waals surface area contributed by atoms with Crippen LogP contribution in [0.1, 0.15) is 31.8 Å². The van der Waals surface area contributed by atoms with Crippen LogP contribution in [0.2, 0.25) is 5.02 Å². The lowest BCUT2D eigenvalue weighted by Gasteiger charge is -2.11. The second-order valence-electron chi connectivity index (χ2n) is 7.36. The van der Waals surface area contributed by atoms with Crippen molar-refractivity contribution in [3.63, 3.8) is 0 Å². The maximum absolute atomic E-state index is 13.4. The van der Waals surface area contributed by atoms with E-state index in [1.807, 2.05) is 6.07 Å². The number of fused-ring (bicyclic) bond motifs is 2. The van der Waals surface area contributed by atoms with Gasteiger partial charge in [-0.05, 0) is 30.3 Å². The molecule has 0 unspecified atom stereocenters. The molecule has 0 amide bonds. The van der Waals surface area contributed by atoms with E-state index < -0.39 is 0 Å². The van der Waals surface area contributed by atoms with E-state index >= 15 is 0 Å². The topological polar surface area (TPSA) is 64.3 Å². The highest BCUT2D eigenvalue weighted by Crippen LogP contribution is 2.27. The first-order valence-electron chi connectivity index (χ1n) is 9.92. The molecule has 0 aliphatic carbocycles. The van der Waals surface area contributed by atoms with Crippen LogP contribution in [0, 0.1) is 0 Å². The zero-order chi connectivity index (χ0) is 22.2. The lowest BCUT2D eigenvalue weighted by molar-refractivity contribution is 0.100. The van der Waals surface area contributed by atoms with Gasteiger partial charge in [-0.15, -0.1) is 0 Å². The van der Waals surface area contributed by atoms with Gasteiger partial charge < -0.3 is 4.42 Å². The Balaban J connectivity index is 1.82. The van der Waals surface area contributed by atoms with Crippen LogP contribution in [0.25, 0.3) is 21.9 Å². The van der Waals surface area contributed by atoms with E-state index in [0.717, 1.165) is 0 Å². The molecule has 32 heavy (non-hydrogen) atoms. The number of ketones is 2. The Morgan fingerprint density at radius 3 is 1.75 bits per heavy atom. The Kier molecular flexibility index (Phi) is 4.92. The zero-order valence-corrected chi connectivity index (χ0v) is 17.4. The van der Waals surface area contributed by atoms with Crippen molar-refractivity contribution in [2.75, 3.05) is 0 Å². The van der Waals surface area contributed by atoms with Gasteiger partial charge in [-0.2, -0.15) is 0 Å². The van der Waals surface area contributed by atoms with Crippen molar-refractivity contribution >= 4 is 45.1 Å². The molecule has 154 valence electrons. The van der Waals surface area contributed by atoms with Gasteiger partial charge in [-0.25, -0.2) is 0 Å². The minimum Gasteiger partial charge on any atom is -0.456 e. The van der Waals surface area contributed by atoms with Crippen LogP contribution in [0.15, 0.2) is 100 Å². The average Bonchev–Trinajstić information content (AvgIpc) is 2.84. The SMILES string of the molecule is O=C(c1ccccc1)c1cc2oc3ccc(Cl)cc3c(=O)c2cc1C(=O)c1ccccc1. The van der Waals surface area contributed by atoms with Gasteiger partial charge in [0.05, 0.1) is 10.8 Å². The average molecular weight is 439 g/mol. The van der Waals surface area contributed by atoms with Crippen LogP contribution in [-0.4, -0.2) is 11.6 Å². The minimum atomic E-state index is -0.350. The molecule has 4 aromatic carbocycles. The number of carbonyl (C=O) groups excluding carboxylic acids is 2. The molecule has 0 N–H and O–H groups in total. The molecular formula is C27H15ClO4. The van der Waals surface area contributed by atoms with Crippen molar-refractivity contribution in [1.29, 1.82) is 0 Å². The van der Waals surface area contributed by atoms with Gasteiger partial charge in [0.25, 0.3) is 0 Å². The summed E-state index contributed by atoms with van der Waals surface area (Å²) in [6, 6.07) is 25.0. The van der Waals surface area contributed by atoms with Crippen molar-refractivity contribution in [3.8, 4) is 0 Å². The summed E-state index contributed by atoms with van der Waals surface area (Å²) < 4.78 is 5.93. The molecule has 0 radical (unpaired) electrons. The molecule has 1 heterocycles. The van der Waals surface area contributed by atoms with Crippen LogP contribution in [0.4, 0.5) is 0 Å². The second-order valence-corrected chi connectivity index (χ2v) is 7.79. The Morgan fingerprint density at radius 1 is 0.625 bits per heavy atom. The molecule has 4 nitrogen and oxygen atoms in total. The van der Waals surface area contributed by atoms with E-state index in [2.05, 4.69) is 0 Å². The fourth-order valence-electron chi connectivity index (χ4n) is 3.74. The predicted molar refractivity (Wildman–Crippen MR) is 125 cm³/mol. The van der Waals surface area contributed by atoms with Gasteiger partial charge in [0.1, 0.15) is 11.2 Å². The van der Waals surface area contributed by atoms with Gasteiger partial charge in [0, 0.05) is 27.3 Å². The minimum absolute atomic E-state index is 0.145. The molecule has 0 aliphatic heterocycles. The van der Waals surface area contributed by atoms with Crippen LogP contribution < -0.4 is 5.43 Å². The molecule has 0 fully saturated rings. The molecule has 0 aliphatic rings. The van der Waals surface area contributed by atoms with E-state index in [0.29, 0.717) is 27.1 Å². The van der Waals surface area contributed by atoms with Crippen molar-refractivity contribution < 1.29 is 14.0 Å². The van der Waals surface area contributed by atoms with E-state index in [1.165, 1.54) is 18.2 Å². The zero-order valence-electron chi connectivity index (χ0n) is 16.7. The fraction of sp³-hybridized carbons (Fsp3) is 0. The highest BCUT2D eigenvalue weighted by atomic mass is 35.5. The first-order chi connectivity index (χ1) is 15.5. The third-order valence-electron chi connectivity index (χ3n) is 5.33. The number of hydrogen-bond donors (Lipinski definition) is 0. The maximum Gasteiger partial charge on any atom is 0.200 e. The Bertz CT molecular complexity index is 1570. The quantitative estimate of drug-likeness (QED) is 0.252. The Morgan fingerprint density at radius 2 is 1.16 bits per heavy atom. The van der Waals surface area contributed by atoms with Crippen LogP contribution >= 0.6 is 11.6 Å². The van der Waals surface area contributed by atoms with Gasteiger partial charge in [-0.1, -0.05) is 72.3 Å². The van der Waals surface area contributed by atoms with Crippen molar-refractivity contribution in [2.24, 2.45) is 0 Å². The molecule has 0 saturated heterocycles. The van der Waals surface area contributed by atoms with E-state index in [-0.39, 0.29) is 39.1 Å². The van der Waals surface area contributed by atoms with Crippen molar-refractivity contribution in [1.82, 2.24) is 0 Å². The number of halogens is 1. The highest BCUT2D eigenvalue weighted by molar-refractivity contribution is 6.31. The van der Waals surface area contributed by atoms with E-state index in [1.54, 1.807) is 66.7 Å². The third kappa shape index (κ3) is 3.41. The Labute approximate surface area is 187 Å². The number of benzene rings is 4. The number of rotatable bonds is 4. The molecule has 0 saturated carbocycles. The van der Waals surface area contributed by atoms with E-state index in [9.17, 15) is 14.4 Å². The standard InChI is InChI=1S/C27H15ClO4/c28-18-11-12-23-21(13-18)27(31)22-14-19(25(29)16-7-3-1-4-8-16)20(15-24(22)32-23)26(30)17-9-5-2-6-10-17/h1-15H. The van der Waals surface area contributed by atoms with Crippen LogP contribution in [0.3, 0.4) is 0 Å². The lowest BCUT2D eigenvalue weighted by atomic mass is 9.91. The third-order valence-corrected chi connectivity index (χ3v) is 5.57. The van der Waals surface area contributed by atoms with Gasteiger partial charge in [-0.3, -0.25) is 14.4 Å². The molecule has 0 bridgehead atoms. The predicted octanol–water partition coefficient (Wildman–Crippen LogP) is 6.06. The van der Waals surface area contributed by atoms with Crippen molar-refractivity contribution in [3.05, 3.63) is 128 Å². The highest BCUT2D eigenvalue weighted by Gasteiger charge is 2.23. The largest absolute Gasteiger partial charge is 0.456 e. The number of carbonyl (C=O) groups is 2. The maximum atomic E-state index is 13.4. The van der Waals surface area contributed by atoms with Crippen molar-refractivity contribution in [2.45, 2.75) is 0 Å². The first kappa shape index (κ1) is 19.9. The monoisotopic (exact) mass is 438 g/mol. The molecule has 5 heteroatoms. The summed E-state index contributed by atoms with van der Waals surface area (Å²) in [7, 11) is 0. The second kappa shape index (κ2) is 7.91. The first-order valence-corrected chi connectivity index (χ1v) is 10.3. The molecular weight excluding hydrogens is 424 g/mol. The van der Waals surface area contributed by atoms with E-state index in [4.69, 9.17) is 16.0 Å². The molecule has 5 aromatic rings. The van der Waals surface area contributed by atoms with Crippen LogP contribution in [-0.2, 0) is 0 Å². The molecule has 5 rings (SSSR count). The normalized spacial score (nSPS) is 11.0. The molecule has 0 spiro atoms. The summed E-state index contributed by atoms with van der Waals surface area (Å²) in [6.45, 7) is 0. The summed E-state index contributed by atoms with van der Waals surface area (Å²) in [4.78, 5) is 39.9. The summed E-state index contributed by atoms with van der Waals surface area (Å²) in [5, 5.41) is 0.925. The van der Waals surface area contributed by atoms with Gasteiger partial charge in [0.15, 0.2) is 11.6 Å². The van der Waals surface area contributed by atoms with Gasteiger partial charge >= 0.3 is 0 Å². The van der Waals surface area contributed by atoms with Crippen LogP contribution in [0.5, 0.6) is 0 Å². The lowest BCUT2D eigenvalue weighted by Crippen LogP contribution is -2.13. The summed E-state index contributed by atoms with van der Waals surface area (Å²) in [6.07, 6.45) is 0. The van der Waals surface area contributed by atoms with Gasteiger partial charge in [0.2, 0.25) is 5.43 Å². The Hall–Kier alpha value is -4.02. The summed E-state index contributed by atoms with van der Waals surface area (Å²) >= 11 is 6.06. The summed E-state index contributed by atoms with van der Waals surface area (Å²) in [5.41, 5.74) is 1.44. The number of hydrogen-bond acceptors (Lipinski definition) is 4. The smallest absolute Gasteiger partial charge is 0.200 e. The fourth-order valence-corrected chi connectivity index (χ4v) is 3.91.